The second kappa shape index (κ2) is 10.1. The van der Waals surface area contributed by atoms with Gasteiger partial charge in [0.05, 0.1) is 0 Å². The number of hydrogen-bond donors (Lipinski definition) is 1. The van der Waals surface area contributed by atoms with E-state index in [0.29, 0.717) is 12.3 Å². The fourth-order valence-corrected chi connectivity index (χ4v) is 3.91. The summed E-state index contributed by atoms with van der Waals surface area (Å²) in [6, 6.07) is 12.1. The Balaban J connectivity index is 1.57. The van der Waals surface area contributed by atoms with Crippen molar-refractivity contribution in [1.82, 2.24) is 10.2 Å². The number of rotatable bonds is 7. The molecule has 29 heavy (non-hydrogen) atoms. The Morgan fingerprint density at radius 2 is 1.72 bits per heavy atom. The molecular weight excluding hydrogens is 384 g/mol. The Labute approximate surface area is 179 Å². The molecule has 2 aromatic rings. The van der Waals surface area contributed by atoms with E-state index < -0.39 is 6.10 Å². The lowest BCUT2D eigenvalue weighted by atomic mass is 10.0. The first-order chi connectivity index (χ1) is 13.9. The summed E-state index contributed by atoms with van der Waals surface area (Å²) in [5, 5.41) is 3.76. The van der Waals surface area contributed by atoms with Gasteiger partial charge in [0.25, 0.3) is 5.91 Å². The fourth-order valence-electron chi connectivity index (χ4n) is 3.80. The fraction of sp³-hybridized carbons (Fsp3) is 0.458. The van der Waals surface area contributed by atoms with E-state index in [1.807, 2.05) is 32.0 Å². The molecule has 1 amide bonds. The van der Waals surface area contributed by atoms with Gasteiger partial charge in [-0.3, -0.25) is 9.69 Å². The first-order valence-corrected chi connectivity index (χ1v) is 10.8. The third kappa shape index (κ3) is 5.97. The summed E-state index contributed by atoms with van der Waals surface area (Å²) in [4.78, 5) is 15.1. The number of carbonyl (C=O) groups is 1. The van der Waals surface area contributed by atoms with Crippen molar-refractivity contribution in [3.63, 3.8) is 0 Å². The summed E-state index contributed by atoms with van der Waals surface area (Å²) in [5.41, 5.74) is 4.34. The Bertz CT molecular complexity index is 824. The molecule has 0 bridgehead atoms. The van der Waals surface area contributed by atoms with Gasteiger partial charge in [0.1, 0.15) is 5.75 Å². The van der Waals surface area contributed by atoms with Gasteiger partial charge < -0.3 is 10.1 Å². The minimum absolute atomic E-state index is 0.122. The molecule has 1 saturated heterocycles. The van der Waals surface area contributed by atoms with E-state index >= 15 is 0 Å². The lowest BCUT2D eigenvalue weighted by Crippen LogP contribution is -2.36. The highest BCUT2D eigenvalue weighted by Gasteiger charge is 2.17. The standard InChI is InChI=1S/C24H31ClN2O2/c1-17-13-22(14-18(2)23(17)25)29-19(3)24(28)26-15-20-9-5-6-10-21(20)16-27-11-7-4-8-12-27/h5-6,9-10,13-14,19H,4,7-8,11-12,15-16H2,1-3H3,(H,26,28)/t19-/m0/s1. The van der Waals surface area contributed by atoms with Crippen molar-refractivity contribution in [2.75, 3.05) is 13.1 Å². The summed E-state index contributed by atoms with van der Waals surface area (Å²) in [6.45, 7) is 9.42. The number of piperidine rings is 1. The third-order valence-electron chi connectivity index (χ3n) is 5.51. The number of likely N-dealkylation sites (tertiary alicyclic amines) is 1. The number of amides is 1. The lowest BCUT2D eigenvalue weighted by Gasteiger charge is -2.27. The summed E-state index contributed by atoms with van der Waals surface area (Å²) in [5.74, 6) is 0.542. The second-order valence-electron chi connectivity index (χ2n) is 7.95. The zero-order valence-electron chi connectivity index (χ0n) is 17.6. The van der Waals surface area contributed by atoms with Gasteiger partial charge in [-0.2, -0.15) is 0 Å². The number of aryl methyl sites for hydroxylation is 2. The van der Waals surface area contributed by atoms with Gasteiger partial charge in [-0.1, -0.05) is 42.3 Å². The summed E-state index contributed by atoms with van der Waals surface area (Å²) < 4.78 is 5.85. The molecule has 156 valence electrons. The molecule has 1 heterocycles. The molecule has 0 radical (unpaired) electrons. The van der Waals surface area contributed by atoms with Crippen LogP contribution in [0.15, 0.2) is 36.4 Å². The van der Waals surface area contributed by atoms with Gasteiger partial charge in [0.15, 0.2) is 6.10 Å². The number of benzene rings is 2. The van der Waals surface area contributed by atoms with Crippen LogP contribution < -0.4 is 10.1 Å². The van der Waals surface area contributed by atoms with E-state index in [0.717, 1.165) is 41.3 Å². The summed E-state index contributed by atoms with van der Waals surface area (Å²) >= 11 is 6.21. The average Bonchev–Trinajstić information content (AvgIpc) is 2.71. The normalized spacial score (nSPS) is 15.7. The molecule has 1 N–H and O–H groups in total. The maximum Gasteiger partial charge on any atom is 0.261 e. The van der Waals surface area contributed by atoms with E-state index in [-0.39, 0.29) is 5.91 Å². The number of halogens is 1. The molecule has 0 aliphatic carbocycles. The van der Waals surface area contributed by atoms with Crippen LogP contribution in [0.1, 0.15) is 48.4 Å². The topological polar surface area (TPSA) is 41.6 Å². The molecule has 4 nitrogen and oxygen atoms in total. The highest BCUT2D eigenvalue weighted by Crippen LogP contribution is 2.26. The first-order valence-electron chi connectivity index (χ1n) is 10.4. The highest BCUT2D eigenvalue weighted by molar-refractivity contribution is 6.32. The van der Waals surface area contributed by atoms with E-state index in [1.54, 1.807) is 6.92 Å². The van der Waals surface area contributed by atoms with Crippen molar-refractivity contribution in [3.05, 3.63) is 63.7 Å². The number of ether oxygens (including phenoxy) is 1. The van der Waals surface area contributed by atoms with Crippen LogP contribution in [0.3, 0.4) is 0 Å². The van der Waals surface area contributed by atoms with Crippen LogP contribution in [0.25, 0.3) is 0 Å². The van der Waals surface area contributed by atoms with Gasteiger partial charge in [0, 0.05) is 18.1 Å². The van der Waals surface area contributed by atoms with E-state index in [9.17, 15) is 4.79 Å². The van der Waals surface area contributed by atoms with Crippen LogP contribution >= 0.6 is 11.6 Å². The highest BCUT2D eigenvalue weighted by atomic mass is 35.5. The molecule has 1 atom stereocenters. The maximum atomic E-state index is 12.6. The van der Waals surface area contributed by atoms with E-state index in [4.69, 9.17) is 16.3 Å². The van der Waals surface area contributed by atoms with Crippen molar-refractivity contribution in [1.29, 1.82) is 0 Å². The Morgan fingerprint density at radius 1 is 1.10 bits per heavy atom. The zero-order chi connectivity index (χ0) is 20.8. The third-order valence-corrected chi connectivity index (χ3v) is 6.10. The molecule has 1 aliphatic rings. The van der Waals surface area contributed by atoms with Gasteiger partial charge in [-0.25, -0.2) is 0 Å². The number of nitrogens with zero attached hydrogens (tertiary/aromatic N) is 1. The molecule has 3 rings (SSSR count). The van der Waals surface area contributed by atoms with Gasteiger partial charge in [-0.05, 0) is 81.1 Å². The minimum Gasteiger partial charge on any atom is -0.481 e. The van der Waals surface area contributed by atoms with Crippen LogP contribution in [0.2, 0.25) is 5.02 Å². The van der Waals surface area contributed by atoms with Crippen molar-refractivity contribution in [2.45, 2.75) is 59.2 Å². The lowest BCUT2D eigenvalue weighted by molar-refractivity contribution is -0.127. The smallest absolute Gasteiger partial charge is 0.261 e. The van der Waals surface area contributed by atoms with Gasteiger partial charge in [-0.15, -0.1) is 0 Å². The molecule has 5 heteroatoms. The minimum atomic E-state index is -0.579. The summed E-state index contributed by atoms with van der Waals surface area (Å²) in [6.07, 6.45) is 3.30. The molecular formula is C24H31ClN2O2. The largest absolute Gasteiger partial charge is 0.481 e. The van der Waals surface area contributed by atoms with Gasteiger partial charge >= 0.3 is 0 Å². The van der Waals surface area contributed by atoms with Crippen molar-refractivity contribution >= 4 is 17.5 Å². The van der Waals surface area contributed by atoms with Crippen LogP contribution in [-0.4, -0.2) is 30.0 Å². The predicted molar refractivity (Wildman–Crippen MR) is 118 cm³/mol. The first kappa shape index (κ1) is 21.7. The number of hydrogen-bond acceptors (Lipinski definition) is 3. The van der Waals surface area contributed by atoms with Crippen LogP contribution in [-0.2, 0) is 17.9 Å². The molecule has 0 spiro atoms. The average molecular weight is 415 g/mol. The van der Waals surface area contributed by atoms with Crippen LogP contribution in [0.5, 0.6) is 5.75 Å². The molecule has 1 aliphatic heterocycles. The monoisotopic (exact) mass is 414 g/mol. The zero-order valence-corrected chi connectivity index (χ0v) is 18.4. The maximum absolute atomic E-state index is 12.6. The molecule has 0 aromatic heterocycles. The van der Waals surface area contributed by atoms with Gasteiger partial charge in [0.2, 0.25) is 0 Å². The Kier molecular flexibility index (Phi) is 7.57. The molecule has 2 aromatic carbocycles. The van der Waals surface area contributed by atoms with Crippen LogP contribution in [0, 0.1) is 13.8 Å². The Hall–Kier alpha value is -2.04. The van der Waals surface area contributed by atoms with E-state index in [1.165, 1.54) is 24.8 Å². The van der Waals surface area contributed by atoms with E-state index in [2.05, 4.69) is 28.4 Å². The van der Waals surface area contributed by atoms with Crippen molar-refractivity contribution in [3.8, 4) is 5.75 Å². The molecule has 0 saturated carbocycles. The second-order valence-corrected chi connectivity index (χ2v) is 8.33. The van der Waals surface area contributed by atoms with Crippen LogP contribution in [0.4, 0.5) is 0 Å². The number of nitrogens with one attached hydrogen (secondary N) is 1. The summed E-state index contributed by atoms with van der Waals surface area (Å²) in [7, 11) is 0. The SMILES string of the molecule is Cc1cc(O[C@@H](C)C(=O)NCc2ccccc2CN2CCCCC2)cc(C)c1Cl. The van der Waals surface area contributed by atoms with Crippen molar-refractivity contribution < 1.29 is 9.53 Å². The molecule has 0 unspecified atom stereocenters. The quantitative estimate of drug-likeness (QED) is 0.691. The predicted octanol–water partition coefficient (Wildman–Crippen LogP) is 5.03. The Morgan fingerprint density at radius 3 is 2.38 bits per heavy atom. The number of carbonyl (C=O) groups excluding carboxylic acids is 1. The molecule has 1 fully saturated rings. The van der Waals surface area contributed by atoms with Crippen molar-refractivity contribution in [2.24, 2.45) is 0 Å².